The maximum absolute atomic E-state index is 12.5. The smallest absolute Gasteiger partial charge is 0.350 e. The molecule has 4 nitrogen and oxygen atoms in total. The Kier molecular flexibility index (Phi) is 6.03. The van der Waals surface area contributed by atoms with Gasteiger partial charge in [0, 0.05) is 0 Å². The Bertz CT molecular complexity index is 612. The van der Waals surface area contributed by atoms with Crippen LogP contribution in [0.4, 0.5) is 0 Å². The molecule has 0 atom stereocenters. The van der Waals surface area contributed by atoms with Crippen molar-refractivity contribution in [1.82, 2.24) is 0 Å². The lowest BCUT2D eigenvalue weighted by atomic mass is 9.84. The van der Waals surface area contributed by atoms with E-state index in [1.165, 1.54) is 5.56 Å². The van der Waals surface area contributed by atoms with Gasteiger partial charge in [0.05, 0.1) is 13.0 Å². The zero-order chi connectivity index (χ0) is 17.7. The molecule has 132 valence electrons. The second kappa shape index (κ2) is 7.82. The first kappa shape index (κ1) is 18.5. The predicted octanol–water partition coefficient (Wildman–Crippen LogP) is 3.96. The summed E-state index contributed by atoms with van der Waals surface area (Å²) in [5.74, 6) is -0.744. The van der Waals surface area contributed by atoms with Crippen LogP contribution in [0, 0.1) is 20.8 Å². The lowest BCUT2D eigenvalue weighted by molar-refractivity contribution is -0.186. The highest BCUT2D eigenvalue weighted by Gasteiger charge is 2.44. The van der Waals surface area contributed by atoms with Crippen molar-refractivity contribution in [3.8, 4) is 0 Å². The number of aryl methyl sites for hydroxylation is 3. The van der Waals surface area contributed by atoms with Crippen molar-refractivity contribution in [2.24, 2.45) is 0 Å². The van der Waals surface area contributed by atoms with Crippen molar-refractivity contribution in [2.75, 3.05) is 6.61 Å². The van der Waals surface area contributed by atoms with Crippen molar-refractivity contribution in [2.45, 2.75) is 71.8 Å². The zero-order valence-electron chi connectivity index (χ0n) is 15.2. The molecule has 2 rings (SSSR count). The molecule has 0 N–H and O–H groups in total. The Labute approximate surface area is 144 Å². The molecule has 0 amide bonds. The van der Waals surface area contributed by atoms with Gasteiger partial charge in [-0.05, 0) is 75.6 Å². The number of hydrogen-bond donors (Lipinski definition) is 0. The first-order valence-corrected chi connectivity index (χ1v) is 8.84. The van der Waals surface area contributed by atoms with E-state index in [4.69, 9.17) is 9.47 Å². The molecule has 0 saturated heterocycles. The van der Waals surface area contributed by atoms with E-state index in [1.807, 2.05) is 19.9 Å². The van der Waals surface area contributed by atoms with Crippen molar-refractivity contribution in [3.05, 3.63) is 34.4 Å². The van der Waals surface area contributed by atoms with Gasteiger partial charge in [-0.2, -0.15) is 0 Å². The molecule has 0 bridgehead atoms. The topological polar surface area (TPSA) is 52.6 Å². The fourth-order valence-electron chi connectivity index (χ4n) is 3.35. The Balaban J connectivity index is 2.13. The summed E-state index contributed by atoms with van der Waals surface area (Å²) in [6, 6.07) is 4.11. The number of ether oxygens (including phenoxy) is 2. The van der Waals surface area contributed by atoms with E-state index in [1.54, 1.807) is 6.92 Å². The molecule has 0 aromatic heterocycles. The quantitative estimate of drug-likeness (QED) is 0.766. The number of benzene rings is 1. The van der Waals surface area contributed by atoms with E-state index in [0.29, 0.717) is 19.4 Å². The van der Waals surface area contributed by atoms with Crippen LogP contribution >= 0.6 is 0 Å². The van der Waals surface area contributed by atoms with Gasteiger partial charge in [0.2, 0.25) is 5.60 Å². The Morgan fingerprint density at radius 2 is 1.62 bits per heavy atom. The summed E-state index contributed by atoms with van der Waals surface area (Å²) in [6.45, 7) is 8.16. The lowest BCUT2D eigenvalue weighted by Crippen LogP contribution is -2.46. The van der Waals surface area contributed by atoms with E-state index < -0.39 is 11.6 Å². The van der Waals surface area contributed by atoms with Crippen molar-refractivity contribution in [1.29, 1.82) is 0 Å². The van der Waals surface area contributed by atoms with Crippen LogP contribution in [0.15, 0.2) is 12.1 Å². The number of carbonyl (C=O) groups excluding carboxylic acids is 2. The van der Waals surface area contributed by atoms with Gasteiger partial charge < -0.3 is 9.47 Å². The minimum atomic E-state index is -1.08. The molecule has 1 aromatic carbocycles. The fourth-order valence-corrected chi connectivity index (χ4v) is 3.35. The van der Waals surface area contributed by atoms with Crippen molar-refractivity contribution < 1.29 is 19.1 Å². The SMILES string of the molecule is CCOC(=O)C1(OC(=O)Cc2cc(C)c(C)cc2C)CCCCC1. The van der Waals surface area contributed by atoms with Crippen LogP contribution < -0.4 is 0 Å². The molecule has 1 fully saturated rings. The molecule has 4 heteroatoms. The molecule has 0 spiro atoms. The molecular weight excluding hydrogens is 304 g/mol. The summed E-state index contributed by atoms with van der Waals surface area (Å²) in [4.78, 5) is 24.9. The van der Waals surface area contributed by atoms with Crippen LogP contribution in [0.3, 0.4) is 0 Å². The molecular formula is C20H28O4. The van der Waals surface area contributed by atoms with Gasteiger partial charge in [0.25, 0.3) is 0 Å². The fraction of sp³-hybridized carbons (Fsp3) is 0.600. The van der Waals surface area contributed by atoms with Gasteiger partial charge in [0.1, 0.15) is 0 Å². The summed E-state index contributed by atoms with van der Waals surface area (Å²) >= 11 is 0. The summed E-state index contributed by atoms with van der Waals surface area (Å²) in [5.41, 5.74) is 3.31. The van der Waals surface area contributed by atoms with Crippen LogP contribution in [0.25, 0.3) is 0 Å². The van der Waals surface area contributed by atoms with Crippen LogP contribution in [-0.2, 0) is 25.5 Å². The highest BCUT2D eigenvalue weighted by Crippen LogP contribution is 2.33. The maximum Gasteiger partial charge on any atom is 0.350 e. The van der Waals surface area contributed by atoms with Gasteiger partial charge >= 0.3 is 11.9 Å². The van der Waals surface area contributed by atoms with E-state index >= 15 is 0 Å². The van der Waals surface area contributed by atoms with Crippen LogP contribution in [0.1, 0.15) is 61.3 Å². The average Bonchev–Trinajstić information content (AvgIpc) is 2.53. The number of hydrogen-bond acceptors (Lipinski definition) is 4. The second-order valence-electron chi connectivity index (χ2n) is 6.79. The van der Waals surface area contributed by atoms with E-state index in [-0.39, 0.29) is 12.4 Å². The van der Waals surface area contributed by atoms with E-state index in [9.17, 15) is 9.59 Å². The van der Waals surface area contributed by atoms with Crippen molar-refractivity contribution >= 4 is 11.9 Å². The van der Waals surface area contributed by atoms with Gasteiger partial charge in [-0.25, -0.2) is 4.79 Å². The first-order valence-electron chi connectivity index (χ1n) is 8.84. The number of carbonyl (C=O) groups is 2. The molecule has 1 aliphatic carbocycles. The largest absolute Gasteiger partial charge is 0.463 e. The minimum Gasteiger partial charge on any atom is -0.463 e. The number of esters is 2. The molecule has 0 aliphatic heterocycles. The molecule has 0 heterocycles. The van der Waals surface area contributed by atoms with Gasteiger partial charge in [-0.3, -0.25) is 4.79 Å². The van der Waals surface area contributed by atoms with Crippen molar-refractivity contribution in [3.63, 3.8) is 0 Å². The van der Waals surface area contributed by atoms with Gasteiger partial charge in [-0.15, -0.1) is 0 Å². The molecule has 1 saturated carbocycles. The third kappa shape index (κ3) is 4.16. The normalized spacial score (nSPS) is 16.5. The average molecular weight is 332 g/mol. The summed E-state index contributed by atoms with van der Waals surface area (Å²) in [5, 5.41) is 0. The lowest BCUT2D eigenvalue weighted by Gasteiger charge is -2.34. The summed E-state index contributed by atoms with van der Waals surface area (Å²) in [7, 11) is 0. The predicted molar refractivity (Wildman–Crippen MR) is 92.9 cm³/mol. The Hall–Kier alpha value is -1.84. The van der Waals surface area contributed by atoms with Crippen LogP contribution in [0.5, 0.6) is 0 Å². The van der Waals surface area contributed by atoms with Gasteiger partial charge in [0.15, 0.2) is 0 Å². The van der Waals surface area contributed by atoms with Gasteiger partial charge in [-0.1, -0.05) is 18.6 Å². The van der Waals surface area contributed by atoms with Crippen LogP contribution in [0.2, 0.25) is 0 Å². The Morgan fingerprint density at radius 1 is 1.00 bits per heavy atom. The molecule has 0 radical (unpaired) electrons. The van der Waals surface area contributed by atoms with E-state index in [2.05, 4.69) is 13.0 Å². The Morgan fingerprint density at radius 3 is 2.25 bits per heavy atom. The minimum absolute atomic E-state index is 0.189. The molecule has 0 unspecified atom stereocenters. The molecule has 24 heavy (non-hydrogen) atoms. The molecule has 1 aromatic rings. The first-order chi connectivity index (χ1) is 11.4. The van der Waals surface area contributed by atoms with E-state index in [0.717, 1.165) is 36.0 Å². The number of rotatable bonds is 5. The standard InChI is InChI=1S/C20H28O4/c1-5-23-19(22)20(9-7-6-8-10-20)24-18(21)13-17-12-15(3)14(2)11-16(17)4/h11-12H,5-10,13H2,1-4H3. The molecule has 1 aliphatic rings. The highest BCUT2D eigenvalue weighted by atomic mass is 16.6. The van der Waals surface area contributed by atoms with Crippen LogP contribution in [-0.4, -0.2) is 24.1 Å². The monoisotopic (exact) mass is 332 g/mol. The summed E-state index contributed by atoms with van der Waals surface area (Å²) in [6.07, 6.45) is 4.14. The zero-order valence-corrected chi connectivity index (χ0v) is 15.2. The second-order valence-corrected chi connectivity index (χ2v) is 6.79. The maximum atomic E-state index is 12.5. The highest BCUT2D eigenvalue weighted by molar-refractivity contribution is 5.84. The summed E-state index contributed by atoms with van der Waals surface area (Å²) < 4.78 is 10.9. The third-order valence-electron chi connectivity index (χ3n) is 4.90. The third-order valence-corrected chi connectivity index (χ3v) is 4.90.